The molecule has 0 aliphatic heterocycles. The topological polar surface area (TPSA) is 46.2 Å². The van der Waals surface area contributed by atoms with E-state index >= 15 is 0 Å². The van der Waals surface area contributed by atoms with Crippen molar-refractivity contribution in [2.75, 3.05) is 18.5 Å². The fourth-order valence-corrected chi connectivity index (χ4v) is 5.68. The lowest BCUT2D eigenvalue weighted by atomic mass is 10.0. The number of amides is 1. The van der Waals surface area contributed by atoms with Crippen molar-refractivity contribution in [3.05, 3.63) is 0 Å². The smallest absolute Gasteiger partial charge is 0.220 e. The Labute approximate surface area is 153 Å². The average Bonchev–Trinajstić information content (AvgIpc) is 2.53. The van der Waals surface area contributed by atoms with Gasteiger partial charge in [0, 0.05) is 30.4 Å². The standard InChI is InChI=1S/C16H33BNO2PS2/c1-5-16(4,6-2)21-11-10-18-15(20)8-7-13(3)23-22-12-9-14(17)19/h13,21H,5-12,17H2,1-4H3,(H,18,20). The van der Waals surface area contributed by atoms with E-state index in [1.54, 1.807) is 29.4 Å². The molecule has 23 heavy (non-hydrogen) atoms. The Bertz CT molecular complexity index is 355. The fourth-order valence-electron chi connectivity index (χ4n) is 1.89. The second-order valence-corrected chi connectivity index (χ2v) is 11.3. The zero-order valence-electron chi connectivity index (χ0n) is 15.4. The molecule has 0 fully saturated rings. The van der Waals surface area contributed by atoms with Crippen LogP contribution < -0.4 is 5.32 Å². The first-order chi connectivity index (χ1) is 10.8. The fraction of sp³-hybridized carbons (Fsp3) is 0.875. The Morgan fingerprint density at radius 1 is 1.26 bits per heavy atom. The van der Waals surface area contributed by atoms with Crippen LogP contribution >= 0.6 is 30.2 Å². The predicted molar refractivity (Wildman–Crippen MR) is 112 cm³/mol. The van der Waals surface area contributed by atoms with E-state index < -0.39 is 0 Å². The zero-order valence-corrected chi connectivity index (χ0v) is 18.0. The van der Waals surface area contributed by atoms with E-state index in [9.17, 15) is 9.59 Å². The van der Waals surface area contributed by atoms with E-state index in [-0.39, 0.29) is 11.6 Å². The summed E-state index contributed by atoms with van der Waals surface area (Å²) in [6, 6.07) is 0. The van der Waals surface area contributed by atoms with Gasteiger partial charge in [-0.1, -0.05) is 49.3 Å². The number of hydrogen-bond acceptors (Lipinski definition) is 4. The van der Waals surface area contributed by atoms with E-state index in [2.05, 4.69) is 33.0 Å². The van der Waals surface area contributed by atoms with Gasteiger partial charge in [-0.3, -0.25) is 4.79 Å². The van der Waals surface area contributed by atoms with Gasteiger partial charge in [0.25, 0.3) is 0 Å². The Kier molecular flexibility index (Phi) is 13.8. The van der Waals surface area contributed by atoms with Gasteiger partial charge in [0.15, 0.2) is 7.85 Å². The van der Waals surface area contributed by atoms with Gasteiger partial charge in [-0.25, -0.2) is 0 Å². The van der Waals surface area contributed by atoms with Gasteiger partial charge < -0.3 is 10.1 Å². The molecule has 0 radical (unpaired) electrons. The van der Waals surface area contributed by atoms with Crippen LogP contribution in [-0.2, 0) is 9.59 Å². The van der Waals surface area contributed by atoms with Crippen molar-refractivity contribution in [1.29, 1.82) is 0 Å². The quantitative estimate of drug-likeness (QED) is 0.218. The third kappa shape index (κ3) is 13.3. The number of rotatable bonds is 14. The molecule has 134 valence electrons. The van der Waals surface area contributed by atoms with Gasteiger partial charge in [0.1, 0.15) is 0 Å². The maximum Gasteiger partial charge on any atom is 0.220 e. The summed E-state index contributed by atoms with van der Waals surface area (Å²) < 4.78 is 0. The molecule has 0 aliphatic rings. The Hall–Kier alpha value is 0.335. The molecule has 0 saturated carbocycles. The van der Waals surface area contributed by atoms with Crippen molar-refractivity contribution in [3.63, 3.8) is 0 Å². The van der Waals surface area contributed by atoms with Crippen LogP contribution in [0.15, 0.2) is 0 Å². The first kappa shape index (κ1) is 23.3. The van der Waals surface area contributed by atoms with Crippen LogP contribution in [0.5, 0.6) is 0 Å². The summed E-state index contributed by atoms with van der Waals surface area (Å²) in [7, 11) is 6.07. The van der Waals surface area contributed by atoms with Gasteiger partial charge in [0.2, 0.25) is 5.91 Å². The van der Waals surface area contributed by atoms with Gasteiger partial charge in [0.05, 0.1) is 5.68 Å². The highest BCUT2D eigenvalue weighted by molar-refractivity contribution is 8.76. The summed E-state index contributed by atoms with van der Waals surface area (Å²) in [6.07, 6.45) is 5.66. The van der Waals surface area contributed by atoms with Crippen molar-refractivity contribution in [2.24, 2.45) is 0 Å². The maximum atomic E-state index is 11.9. The minimum absolute atomic E-state index is 0.172. The van der Waals surface area contributed by atoms with Crippen molar-refractivity contribution in [2.45, 2.75) is 70.2 Å². The molecule has 2 atom stereocenters. The second kappa shape index (κ2) is 13.6. The largest absolute Gasteiger partial charge is 0.356 e. The lowest BCUT2D eigenvalue weighted by Gasteiger charge is -2.26. The van der Waals surface area contributed by atoms with Gasteiger partial charge in [-0.2, -0.15) is 0 Å². The highest BCUT2D eigenvalue weighted by Gasteiger charge is 2.18. The first-order valence-corrected chi connectivity index (χ1v) is 12.2. The predicted octanol–water partition coefficient (Wildman–Crippen LogP) is 3.46. The van der Waals surface area contributed by atoms with Gasteiger partial charge in [-0.05, 0) is 30.6 Å². The van der Waals surface area contributed by atoms with Crippen LogP contribution in [0, 0.1) is 0 Å². The van der Waals surface area contributed by atoms with Crippen molar-refractivity contribution < 1.29 is 9.59 Å². The van der Waals surface area contributed by atoms with Gasteiger partial charge in [-0.15, -0.1) is 8.58 Å². The minimum atomic E-state index is 0.172. The van der Waals surface area contributed by atoms with E-state index in [1.807, 2.05) is 0 Å². The molecule has 0 heterocycles. The van der Waals surface area contributed by atoms with Crippen LogP contribution in [0.4, 0.5) is 0 Å². The van der Waals surface area contributed by atoms with Crippen molar-refractivity contribution in [3.8, 4) is 0 Å². The molecule has 0 bridgehead atoms. The summed E-state index contributed by atoms with van der Waals surface area (Å²) >= 11 is 0. The van der Waals surface area contributed by atoms with Crippen LogP contribution in [-0.4, -0.2) is 48.3 Å². The molecule has 0 rings (SSSR count). The molecule has 0 aromatic rings. The molecule has 7 heteroatoms. The molecular formula is C16H33BNO2PS2. The molecule has 1 amide bonds. The number of carbonyl (C=O) groups is 2. The molecular weight excluding hydrogens is 344 g/mol. The van der Waals surface area contributed by atoms with Gasteiger partial charge >= 0.3 is 0 Å². The van der Waals surface area contributed by atoms with Crippen molar-refractivity contribution in [1.82, 2.24) is 5.32 Å². The first-order valence-electron chi connectivity index (χ1n) is 8.62. The lowest BCUT2D eigenvalue weighted by Crippen LogP contribution is -2.27. The summed E-state index contributed by atoms with van der Waals surface area (Å²) in [5, 5.41) is 3.95. The Morgan fingerprint density at radius 3 is 2.48 bits per heavy atom. The van der Waals surface area contributed by atoms with E-state index in [0.29, 0.717) is 23.2 Å². The molecule has 0 spiro atoms. The molecule has 1 N–H and O–H groups in total. The maximum absolute atomic E-state index is 11.9. The molecule has 0 aromatic carbocycles. The third-order valence-electron chi connectivity index (χ3n) is 4.11. The van der Waals surface area contributed by atoms with Crippen molar-refractivity contribution >= 4 is 49.6 Å². The summed E-state index contributed by atoms with van der Waals surface area (Å²) in [5.41, 5.74) is 0.244. The van der Waals surface area contributed by atoms with E-state index in [1.165, 1.54) is 12.8 Å². The van der Waals surface area contributed by atoms with E-state index in [0.717, 1.165) is 33.5 Å². The SMILES string of the molecule is BC(=O)CCSSC(C)CCC(=O)NCCPC(C)(CC)CC. The van der Waals surface area contributed by atoms with Crippen LogP contribution in [0.2, 0.25) is 0 Å². The molecule has 0 aromatic heterocycles. The monoisotopic (exact) mass is 377 g/mol. The molecule has 2 unspecified atom stereocenters. The summed E-state index contributed by atoms with van der Waals surface area (Å²) in [6.45, 7) is 9.80. The average molecular weight is 377 g/mol. The second-order valence-electron chi connectivity index (χ2n) is 6.26. The van der Waals surface area contributed by atoms with Crippen LogP contribution in [0.3, 0.4) is 0 Å². The third-order valence-corrected chi connectivity index (χ3v) is 9.13. The minimum Gasteiger partial charge on any atom is -0.356 e. The number of nitrogens with one attached hydrogen (secondary N) is 1. The molecule has 3 nitrogen and oxygen atoms in total. The van der Waals surface area contributed by atoms with E-state index in [4.69, 9.17) is 0 Å². The van der Waals surface area contributed by atoms with Crippen LogP contribution in [0.25, 0.3) is 0 Å². The van der Waals surface area contributed by atoms with Crippen LogP contribution in [0.1, 0.15) is 59.8 Å². The Balaban J connectivity index is 3.65. The lowest BCUT2D eigenvalue weighted by molar-refractivity contribution is -0.121. The summed E-state index contributed by atoms with van der Waals surface area (Å²) in [5.74, 6) is 1.04. The molecule has 0 aliphatic carbocycles. The number of carbonyl (C=O) groups excluding carboxylic acids is 2. The zero-order chi connectivity index (χ0) is 17.7. The summed E-state index contributed by atoms with van der Waals surface area (Å²) in [4.78, 5) is 22.7. The number of hydrogen-bond donors (Lipinski definition) is 1. The Morgan fingerprint density at radius 2 is 1.91 bits per heavy atom. The highest BCUT2D eigenvalue weighted by atomic mass is 33.1. The normalized spacial score (nSPS) is 13.4. The highest BCUT2D eigenvalue weighted by Crippen LogP contribution is 2.37. The molecule has 0 saturated heterocycles.